The van der Waals surface area contributed by atoms with E-state index in [0.29, 0.717) is 32.1 Å². The van der Waals surface area contributed by atoms with Gasteiger partial charge in [0.05, 0.1) is 11.8 Å². The highest BCUT2D eigenvalue weighted by molar-refractivity contribution is 7.94. The minimum absolute atomic E-state index is 0.00343. The Morgan fingerprint density at radius 3 is 1.97 bits per heavy atom. The number of amides is 4. The fourth-order valence-corrected chi connectivity index (χ4v) is 3.56. The molecular formula is C24H46N4O6S. The number of rotatable bonds is 16. The van der Waals surface area contributed by atoms with E-state index < -0.39 is 33.9 Å². The summed E-state index contributed by atoms with van der Waals surface area (Å²) in [5.74, 6) is -0.369. The maximum Gasteiger partial charge on any atom is 0.312 e. The van der Waals surface area contributed by atoms with Gasteiger partial charge < -0.3 is 21.7 Å². The molecule has 0 bridgehead atoms. The Balaban J connectivity index is 0. The summed E-state index contributed by atoms with van der Waals surface area (Å²) in [7, 11) is -3.24. The SMILES string of the molecule is C=CS(=O)(=O)CCCCCC(=O)NC(C(=O)NC(CCCNC(N)=O)C(C)=O)C(C)C.CC(C)C. The topological polar surface area (TPSA) is 165 Å². The first-order valence-corrected chi connectivity index (χ1v) is 13.8. The number of Topliss-reactive ketones (excluding diaryl/α,β-unsaturated/α-hetero) is 1. The van der Waals surface area contributed by atoms with Crippen LogP contribution in [0, 0.1) is 11.8 Å². The highest BCUT2D eigenvalue weighted by Crippen LogP contribution is 2.08. The van der Waals surface area contributed by atoms with E-state index in [0.717, 1.165) is 11.3 Å². The summed E-state index contributed by atoms with van der Waals surface area (Å²) >= 11 is 0. The van der Waals surface area contributed by atoms with E-state index in [9.17, 15) is 27.6 Å². The van der Waals surface area contributed by atoms with Crippen molar-refractivity contribution in [1.29, 1.82) is 0 Å². The smallest absolute Gasteiger partial charge is 0.312 e. The molecule has 0 aliphatic rings. The van der Waals surface area contributed by atoms with Crippen LogP contribution in [0.15, 0.2) is 12.0 Å². The summed E-state index contributed by atoms with van der Waals surface area (Å²) in [6.07, 6.45) is 2.43. The zero-order chi connectivity index (χ0) is 27.6. The Hall–Kier alpha value is -2.43. The van der Waals surface area contributed by atoms with E-state index in [1.54, 1.807) is 13.8 Å². The first-order chi connectivity index (χ1) is 16.1. The molecule has 0 radical (unpaired) electrons. The number of carbonyl (C=O) groups is 4. The molecule has 0 rings (SSSR count). The number of unbranched alkanes of at least 4 members (excludes halogenated alkanes) is 2. The number of urea groups is 1. The Morgan fingerprint density at radius 2 is 1.51 bits per heavy atom. The van der Waals surface area contributed by atoms with Crippen LogP contribution in [-0.4, -0.2) is 56.4 Å². The second-order valence-corrected chi connectivity index (χ2v) is 11.5. The quantitative estimate of drug-likeness (QED) is 0.229. The molecule has 35 heavy (non-hydrogen) atoms. The standard InChI is InChI=1S/C20H36N4O6S.C4H10/c1-5-31(29,30)13-8-6-7-11-17(26)24-18(14(2)3)19(27)23-16(15(4)25)10-9-12-22-20(21)28;1-4(2)3/h5,14,16,18H,1,6-13H2,2-4H3,(H,23,27)(H,24,26)(H3,21,22,28);4H,1-3H3. The number of nitrogens with one attached hydrogen (secondary N) is 3. The lowest BCUT2D eigenvalue weighted by molar-refractivity contribution is -0.132. The molecular weight excluding hydrogens is 472 g/mol. The highest BCUT2D eigenvalue weighted by atomic mass is 32.2. The van der Waals surface area contributed by atoms with Crippen molar-refractivity contribution in [3.8, 4) is 0 Å². The van der Waals surface area contributed by atoms with Crippen LogP contribution in [0.5, 0.6) is 0 Å². The lowest BCUT2D eigenvalue weighted by atomic mass is 10.0. The number of nitrogens with two attached hydrogens (primary N) is 1. The van der Waals surface area contributed by atoms with Gasteiger partial charge in [-0.05, 0) is 44.4 Å². The summed E-state index contributed by atoms with van der Waals surface area (Å²) < 4.78 is 22.7. The van der Waals surface area contributed by atoms with Gasteiger partial charge in [-0.1, -0.05) is 47.6 Å². The van der Waals surface area contributed by atoms with Gasteiger partial charge in [-0.3, -0.25) is 14.4 Å². The zero-order valence-electron chi connectivity index (χ0n) is 22.2. The largest absolute Gasteiger partial charge is 0.352 e. The van der Waals surface area contributed by atoms with Gasteiger partial charge in [0, 0.05) is 18.4 Å². The Labute approximate surface area is 211 Å². The highest BCUT2D eigenvalue weighted by Gasteiger charge is 2.27. The van der Waals surface area contributed by atoms with Crippen LogP contribution in [0.2, 0.25) is 0 Å². The normalized spacial score (nSPS) is 12.7. The third kappa shape index (κ3) is 20.6. The maximum atomic E-state index is 12.7. The average molecular weight is 519 g/mol. The molecule has 4 amide bonds. The van der Waals surface area contributed by atoms with Gasteiger partial charge in [0.15, 0.2) is 15.6 Å². The predicted molar refractivity (Wildman–Crippen MR) is 139 cm³/mol. The van der Waals surface area contributed by atoms with E-state index in [1.807, 2.05) is 0 Å². The van der Waals surface area contributed by atoms with E-state index in [4.69, 9.17) is 5.73 Å². The van der Waals surface area contributed by atoms with Gasteiger partial charge in [0.2, 0.25) is 11.8 Å². The van der Waals surface area contributed by atoms with E-state index >= 15 is 0 Å². The van der Waals surface area contributed by atoms with Crippen molar-refractivity contribution in [2.24, 2.45) is 17.6 Å². The summed E-state index contributed by atoms with van der Waals surface area (Å²) in [5, 5.41) is 8.70. The Morgan fingerprint density at radius 1 is 0.943 bits per heavy atom. The van der Waals surface area contributed by atoms with Gasteiger partial charge in [0.1, 0.15) is 6.04 Å². The number of sulfone groups is 1. The van der Waals surface area contributed by atoms with Crippen molar-refractivity contribution < 1.29 is 27.6 Å². The van der Waals surface area contributed by atoms with Crippen molar-refractivity contribution >= 4 is 33.5 Å². The molecule has 5 N–H and O–H groups in total. The number of hydrogen-bond acceptors (Lipinski definition) is 6. The third-order valence-corrected chi connectivity index (χ3v) is 5.99. The van der Waals surface area contributed by atoms with Crippen LogP contribution < -0.4 is 21.7 Å². The molecule has 0 saturated carbocycles. The van der Waals surface area contributed by atoms with E-state index in [1.165, 1.54) is 6.92 Å². The molecule has 11 heteroatoms. The monoisotopic (exact) mass is 518 g/mol. The first-order valence-electron chi connectivity index (χ1n) is 12.1. The van der Waals surface area contributed by atoms with Gasteiger partial charge in [-0.2, -0.15) is 0 Å². The van der Waals surface area contributed by atoms with Gasteiger partial charge >= 0.3 is 6.03 Å². The molecule has 204 valence electrons. The van der Waals surface area contributed by atoms with Crippen LogP contribution in [0.25, 0.3) is 0 Å². The molecule has 2 atom stereocenters. The van der Waals surface area contributed by atoms with Crippen LogP contribution in [0.4, 0.5) is 4.79 Å². The summed E-state index contributed by atoms with van der Waals surface area (Å²) in [4.78, 5) is 47.4. The van der Waals surface area contributed by atoms with Crippen molar-refractivity contribution in [2.75, 3.05) is 12.3 Å². The summed E-state index contributed by atoms with van der Waals surface area (Å²) in [6, 6.07) is -2.19. The second kappa shape index (κ2) is 18.8. The van der Waals surface area contributed by atoms with Crippen molar-refractivity contribution in [1.82, 2.24) is 16.0 Å². The Bertz CT molecular complexity index is 778. The van der Waals surface area contributed by atoms with Crippen molar-refractivity contribution in [2.45, 2.75) is 92.2 Å². The predicted octanol–water partition coefficient (Wildman–Crippen LogP) is 2.43. The number of primary amides is 1. The molecule has 0 aromatic heterocycles. The second-order valence-electron chi connectivity index (χ2n) is 9.47. The van der Waals surface area contributed by atoms with Gasteiger partial charge in [-0.25, -0.2) is 13.2 Å². The lowest BCUT2D eigenvalue weighted by Crippen LogP contribution is -2.53. The third-order valence-electron chi connectivity index (χ3n) is 4.63. The number of carbonyl (C=O) groups excluding carboxylic acids is 4. The maximum absolute atomic E-state index is 12.7. The fraction of sp³-hybridized carbons (Fsp3) is 0.750. The molecule has 0 aromatic rings. The molecule has 2 unspecified atom stereocenters. The minimum atomic E-state index is -3.24. The van der Waals surface area contributed by atoms with E-state index in [2.05, 4.69) is 43.3 Å². The van der Waals surface area contributed by atoms with Gasteiger partial charge in [0.25, 0.3) is 0 Å². The molecule has 0 aliphatic heterocycles. The van der Waals surface area contributed by atoms with Crippen LogP contribution >= 0.6 is 0 Å². The van der Waals surface area contributed by atoms with Gasteiger partial charge in [-0.15, -0.1) is 0 Å². The van der Waals surface area contributed by atoms with Crippen molar-refractivity contribution in [3.05, 3.63) is 12.0 Å². The molecule has 0 spiro atoms. The molecule has 0 saturated heterocycles. The van der Waals surface area contributed by atoms with Crippen LogP contribution in [0.3, 0.4) is 0 Å². The van der Waals surface area contributed by atoms with Crippen molar-refractivity contribution in [3.63, 3.8) is 0 Å². The molecule has 0 aliphatic carbocycles. The number of ketones is 1. The Kier molecular flexibility index (Phi) is 18.7. The number of hydrogen-bond donors (Lipinski definition) is 4. The zero-order valence-corrected chi connectivity index (χ0v) is 23.0. The lowest BCUT2D eigenvalue weighted by Gasteiger charge is -2.24. The summed E-state index contributed by atoms with van der Waals surface area (Å²) in [5.41, 5.74) is 4.99. The average Bonchev–Trinajstić information content (AvgIpc) is 2.72. The molecule has 10 nitrogen and oxygen atoms in total. The summed E-state index contributed by atoms with van der Waals surface area (Å²) in [6.45, 7) is 15.0. The van der Waals surface area contributed by atoms with Crippen LogP contribution in [-0.2, 0) is 24.2 Å². The molecule has 0 heterocycles. The molecule has 0 aromatic carbocycles. The van der Waals surface area contributed by atoms with E-state index in [-0.39, 0.29) is 36.3 Å². The van der Waals surface area contributed by atoms with Crippen LogP contribution in [0.1, 0.15) is 80.1 Å². The minimum Gasteiger partial charge on any atom is -0.352 e. The molecule has 0 fully saturated rings. The fourth-order valence-electron chi connectivity index (χ4n) is 2.79. The first kappa shape index (κ1) is 34.7.